The van der Waals surface area contributed by atoms with Crippen molar-refractivity contribution in [2.45, 2.75) is 18.9 Å². The Labute approximate surface area is 165 Å². The van der Waals surface area contributed by atoms with Crippen LogP contribution in [0.3, 0.4) is 0 Å². The number of halogens is 1. The van der Waals surface area contributed by atoms with Crippen molar-refractivity contribution in [3.8, 4) is 11.8 Å². The molecule has 0 bridgehead atoms. The van der Waals surface area contributed by atoms with Gasteiger partial charge in [-0.2, -0.15) is 5.26 Å². The van der Waals surface area contributed by atoms with Crippen molar-refractivity contribution in [3.63, 3.8) is 0 Å². The Hall–Kier alpha value is -2.11. The molecule has 1 amide bonds. The minimum Gasteiger partial charge on any atom is -0.492 e. The predicted molar refractivity (Wildman–Crippen MR) is 104 cm³/mol. The molecule has 1 heterocycles. The Bertz CT molecular complexity index is 821. The molecule has 0 aliphatic heterocycles. The normalized spacial score (nSPS) is 10.3. The van der Waals surface area contributed by atoms with Gasteiger partial charge in [-0.3, -0.25) is 4.79 Å². The van der Waals surface area contributed by atoms with Crippen molar-refractivity contribution in [3.05, 3.63) is 45.8 Å². The molecule has 136 valence electrons. The van der Waals surface area contributed by atoms with Crippen molar-refractivity contribution in [2.75, 3.05) is 26.0 Å². The van der Waals surface area contributed by atoms with Gasteiger partial charge in [0.25, 0.3) is 0 Å². The zero-order chi connectivity index (χ0) is 19.1. The number of carbonyl (C=O) groups is 1. The maximum absolute atomic E-state index is 12.3. The SMILES string of the molecule is Cc1nc(C)c(C#N)c(SCC(=O)N(C)CCOc2ccc(Br)cc2)n1. The van der Waals surface area contributed by atoms with Crippen molar-refractivity contribution >= 4 is 33.6 Å². The Morgan fingerprint density at radius 2 is 2.00 bits per heavy atom. The van der Waals surface area contributed by atoms with Crippen molar-refractivity contribution in [1.29, 1.82) is 5.26 Å². The highest BCUT2D eigenvalue weighted by molar-refractivity contribution is 9.10. The van der Waals surface area contributed by atoms with E-state index in [-0.39, 0.29) is 11.7 Å². The summed E-state index contributed by atoms with van der Waals surface area (Å²) in [6, 6.07) is 9.64. The largest absolute Gasteiger partial charge is 0.492 e. The highest BCUT2D eigenvalue weighted by Crippen LogP contribution is 2.22. The monoisotopic (exact) mass is 434 g/mol. The molecule has 2 rings (SSSR count). The quantitative estimate of drug-likeness (QED) is 0.490. The lowest BCUT2D eigenvalue weighted by atomic mass is 10.3. The fourth-order valence-corrected chi connectivity index (χ4v) is 3.39. The van der Waals surface area contributed by atoms with Crippen molar-refractivity contribution < 1.29 is 9.53 Å². The summed E-state index contributed by atoms with van der Waals surface area (Å²) < 4.78 is 6.61. The fraction of sp³-hybridized carbons (Fsp3) is 0.333. The average Bonchev–Trinajstić information content (AvgIpc) is 2.60. The molecule has 26 heavy (non-hydrogen) atoms. The Balaban J connectivity index is 1.84. The van der Waals surface area contributed by atoms with Crippen LogP contribution in [-0.2, 0) is 4.79 Å². The summed E-state index contributed by atoms with van der Waals surface area (Å²) in [5.74, 6) is 1.51. The summed E-state index contributed by atoms with van der Waals surface area (Å²) in [4.78, 5) is 22.4. The van der Waals surface area contributed by atoms with Crippen LogP contribution in [-0.4, -0.2) is 46.7 Å². The van der Waals surface area contributed by atoms with E-state index in [0.717, 1.165) is 10.2 Å². The first-order valence-electron chi connectivity index (χ1n) is 7.91. The molecule has 0 fully saturated rings. The second kappa shape index (κ2) is 9.55. The first kappa shape index (κ1) is 20.2. The Morgan fingerprint density at radius 3 is 2.65 bits per heavy atom. The number of nitrogens with zero attached hydrogens (tertiary/aromatic N) is 4. The van der Waals surface area contributed by atoms with Gasteiger partial charge in [0.1, 0.15) is 34.8 Å². The van der Waals surface area contributed by atoms with E-state index in [1.165, 1.54) is 11.8 Å². The van der Waals surface area contributed by atoms with Gasteiger partial charge in [-0.1, -0.05) is 27.7 Å². The minimum absolute atomic E-state index is 0.0489. The third-order valence-electron chi connectivity index (χ3n) is 3.55. The number of hydrogen-bond donors (Lipinski definition) is 0. The summed E-state index contributed by atoms with van der Waals surface area (Å²) in [5.41, 5.74) is 1.06. The van der Waals surface area contributed by atoms with Gasteiger partial charge in [0.2, 0.25) is 5.91 Å². The Morgan fingerprint density at radius 1 is 1.31 bits per heavy atom. The number of likely N-dealkylation sites (N-methyl/N-ethyl adjacent to an activating group) is 1. The van der Waals surface area contributed by atoms with Gasteiger partial charge in [-0.25, -0.2) is 9.97 Å². The molecule has 1 aromatic carbocycles. The minimum atomic E-state index is -0.0489. The molecule has 0 saturated heterocycles. The van der Waals surface area contributed by atoms with Crippen LogP contribution in [0.15, 0.2) is 33.8 Å². The first-order valence-corrected chi connectivity index (χ1v) is 9.69. The summed E-state index contributed by atoms with van der Waals surface area (Å²) in [6.45, 7) is 4.42. The molecule has 0 radical (unpaired) electrons. The van der Waals surface area contributed by atoms with Crippen LogP contribution >= 0.6 is 27.7 Å². The summed E-state index contributed by atoms with van der Waals surface area (Å²) >= 11 is 4.63. The standard InChI is InChI=1S/C18H19BrN4O2S/c1-12-16(10-20)18(22-13(2)21-12)26-11-17(24)23(3)8-9-25-15-6-4-14(19)5-7-15/h4-7H,8-9,11H2,1-3H3. The third-order valence-corrected chi connectivity index (χ3v) is 5.04. The van der Waals surface area contributed by atoms with Gasteiger partial charge in [0.05, 0.1) is 18.0 Å². The van der Waals surface area contributed by atoms with E-state index in [9.17, 15) is 10.1 Å². The van der Waals surface area contributed by atoms with Crippen LogP contribution in [0.4, 0.5) is 0 Å². The molecule has 6 nitrogen and oxygen atoms in total. The number of aromatic nitrogens is 2. The zero-order valence-corrected chi connectivity index (χ0v) is 17.2. The molecule has 0 saturated carbocycles. The second-order valence-corrected chi connectivity index (χ2v) is 7.43. The Kier molecular flexibility index (Phi) is 7.42. The number of ether oxygens (including phenoxy) is 1. The third kappa shape index (κ3) is 5.71. The number of aryl methyl sites for hydroxylation is 2. The lowest BCUT2D eigenvalue weighted by molar-refractivity contribution is -0.127. The van der Waals surface area contributed by atoms with E-state index in [4.69, 9.17) is 4.74 Å². The van der Waals surface area contributed by atoms with Gasteiger partial charge in [0.15, 0.2) is 0 Å². The van der Waals surface area contributed by atoms with Gasteiger partial charge < -0.3 is 9.64 Å². The predicted octanol–water partition coefficient (Wildman–Crippen LogP) is 3.36. The molecule has 2 aromatic rings. The highest BCUT2D eigenvalue weighted by atomic mass is 79.9. The smallest absolute Gasteiger partial charge is 0.232 e. The zero-order valence-electron chi connectivity index (χ0n) is 14.8. The lowest BCUT2D eigenvalue weighted by Gasteiger charge is -2.17. The van der Waals surface area contributed by atoms with E-state index < -0.39 is 0 Å². The molecule has 0 N–H and O–H groups in total. The van der Waals surface area contributed by atoms with Crippen LogP contribution in [0.25, 0.3) is 0 Å². The van der Waals surface area contributed by atoms with Crippen LogP contribution < -0.4 is 4.74 Å². The molecular formula is C18H19BrN4O2S. The topological polar surface area (TPSA) is 79.1 Å². The van der Waals surface area contributed by atoms with Crippen LogP contribution in [0.5, 0.6) is 5.75 Å². The average molecular weight is 435 g/mol. The van der Waals surface area contributed by atoms with E-state index >= 15 is 0 Å². The molecular weight excluding hydrogens is 416 g/mol. The summed E-state index contributed by atoms with van der Waals surface area (Å²) in [6.07, 6.45) is 0. The number of amides is 1. The van der Waals surface area contributed by atoms with E-state index in [1.54, 1.807) is 25.8 Å². The molecule has 0 aliphatic carbocycles. The molecule has 0 aliphatic rings. The van der Waals surface area contributed by atoms with Crippen molar-refractivity contribution in [1.82, 2.24) is 14.9 Å². The number of thioether (sulfide) groups is 1. The number of benzene rings is 1. The molecule has 0 atom stereocenters. The number of rotatable bonds is 7. The van der Waals surface area contributed by atoms with Crippen molar-refractivity contribution in [2.24, 2.45) is 0 Å². The maximum atomic E-state index is 12.3. The van der Waals surface area contributed by atoms with Gasteiger partial charge in [-0.15, -0.1) is 0 Å². The van der Waals surface area contributed by atoms with Gasteiger partial charge >= 0.3 is 0 Å². The summed E-state index contributed by atoms with van der Waals surface area (Å²) in [5, 5.41) is 9.79. The highest BCUT2D eigenvalue weighted by Gasteiger charge is 2.14. The molecule has 1 aromatic heterocycles. The van der Waals surface area contributed by atoms with Crippen LogP contribution in [0.2, 0.25) is 0 Å². The second-order valence-electron chi connectivity index (χ2n) is 5.55. The van der Waals surface area contributed by atoms with E-state index in [0.29, 0.717) is 35.3 Å². The van der Waals surface area contributed by atoms with Gasteiger partial charge in [-0.05, 0) is 38.1 Å². The maximum Gasteiger partial charge on any atom is 0.232 e. The van der Waals surface area contributed by atoms with Gasteiger partial charge in [0, 0.05) is 11.5 Å². The number of nitriles is 1. The molecule has 0 spiro atoms. The molecule has 0 unspecified atom stereocenters. The lowest BCUT2D eigenvalue weighted by Crippen LogP contribution is -2.32. The van der Waals surface area contributed by atoms with Crippen LogP contribution in [0.1, 0.15) is 17.1 Å². The van der Waals surface area contributed by atoms with Crippen LogP contribution in [0, 0.1) is 25.2 Å². The van der Waals surface area contributed by atoms with E-state index in [2.05, 4.69) is 32.0 Å². The first-order chi connectivity index (χ1) is 12.4. The van der Waals surface area contributed by atoms with E-state index in [1.807, 2.05) is 24.3 Å². The number of hydrogen-bond acceptors (Lipinski definition) is 6. The fourth-order valence-electron chi connectivity index (χ4n) is 2.11. The molecule has 8 heteroatoms. The summed E-state index contributed by atoms with van der Waals surface area (Å²) in [7, 11) is 1.73. The number of carbonyl (C=O) groups excluding carboxylic acids is 1.